The molecule has 0 saturated carbocycles. The largest absolute Gasteiger partial charge is 0.471 e. The Bertz CT molecular complexity index is 566. The number of primary amides is 1. The number of hydrogen-bond acceptors (Lipinski definition) is 3. The van der Waals surface area contributed by atoms with E-state index in [1.54, 1.807) is 5.32 Å². The maximum Gasteiger partial charge on any atom is 0.471 e. The third-order valence-corrected chi connectivity index (χ3v) is 4.41. The molecule has 0 spiro atoms. The third kappa shape index (κ3) is 2.79. The lowest BCUT2D eigenvalue weighted by atomic mass is 9.88. The van der Waals surface area contributed by atoms with E-state index in [1.807, 2.05) is 6.92 Å². The van der Waals surface area contributed by atoms with Crippen molar-refractivity contribution in [1.82, 2.24) is 0 Å². The van der Waals surface area contributed by atoms with Gasteiger partial charge in [-0.3, -0.25) is 9.59 Å². The molecular formula is C12H13F3N2O2S. The number of nitrogens with two attached hydrogens (primary N) is 1. The lowest BCUT2D eigenvalue weighted by molar-refractivity contribution is -0.167. The fourth-order valence-electron chi connectivity index (χ4n) is 2.27. The molecule has 8 heteroatoms. The Morgan fingerprint density at radius 3 is 2.60 bits per heavy atom. The van der Waals surface area contributed by atoms with Gasteiger partial charge in [0.15, 0.2) is 0 Å². The number of thiophene rings is 1. The van der Waals surface area contributed by atoms with Gasteiger partial charge in [-0.25, -0.2) is 0 Å². The van der Waals surface area contributed by atoms with Gasteiger partial charge in [-0.2, -0.15) is 13.2 Å². The van der Waals surface area contributed by atoms with Gasteiger partial charge in [-0.15, -0.1) is 11.3 Å². The van der Waals surface area contributed by atoms with Gasteiger partial charge in [-0.1, -0.05) is 6.92 Å². The summed E-state index contributed by atoms with van der Waals surface area (Å²) in [5.74, 6) is -2.51. The van der Waals surface area contributed by atoms with E-state index in [2.05, 4.69) is 0 Å². The number of amides is 2. The second-order valence-corrected chi connectivity index (χ2v) is 5.98. The lowest BCUT2D eigenvalue weighted by Gasteiger charge is -2.18. The standard InChI is InChI=1S/C12H13F3N2O2S/c1-5-2-3-6-7(4-5)20-10(8(6)9(16)18)17-11(19)12(13,14)15/h5H,2-4H2,1H3,(H2,16,18)(H,17,19). The molecule has 1 aromatic heterocycles. The zero-order chi connectivity index (χ0) is 15.1. The summed E-state index contributed by atoms with van der Waals surface area (Å²) in [6, 6.07) is 0. The average Bonchev–Trinajstić information content (AvgIpc) is 2.64. The average molecular weight is 306 g/mol. The lowest BCUT2D eigenvalue weighted by Crippen LogP contribution is -2.30. The minimum Gasteiger partial charge on any atom is -0.365 e. The Hall–Kier alpha value is -1.57. The van der Waals surface area contributed by atoms with E-state index in [-0.39, 0.29) is 10.6 Å². The second kappa shape index (κ2) is 5.08. The molecule has 4 nitrogen and oxygen atoms in total. The molecule has 1 aromatic rings. The molecule has 20 heavy (non-hydrogen) atoms. The maximum atomic E-state index is 12.3. The first-order valence-corrected chi connectivity index (χ1v) is 6.84. The van der Waals surface area contributed by atoms with Crippen molar-refractivity contribution in [2.75, 3.05) is 5.32 Å². The zero-order valence-electron chi connectivity index (χ0n) is 10.6. The number of hydrogen-bond donors (Lipinski definition) is 2. The van der Waals surface area contributed by atoms with E-state index < -0.39 is 18.0 Å². The molecule has 1 heterocycles. The number of halogens is 3. The number of rotatable bonds is 2. The molecule has 1 unspecified atom stereocenters. The number of nitrogens with one attached hydrogen (secondary N) is 1. The van der Waals surface area contributed by atoms with Crippen LogP contribution in [0.25, 0.3) is 0 Å². The van der Waals surface area contributed by atoms with Crippen molar-refractivity contribution in [2.45, 2.75) is 32.4 Å². The number of carbonyl (C=O) groups excluding carboxylic acids is 2. The summed E-state index contributed by atoms with van der Waals surface area (Å²) >= 11 is 1.01. The van der Waals surface area contributed by atoms with Gasteiger partial charge < -0.3 is 11.1 Å². The van der Waals surface area contributed by atoms with Gasteiger partial charge in [0.2, 0.25) is 0 Å². The highest BCUT2D eigenvalue weighted by molar-refractivity contribution is 7.17. The van der Waals surface area contributed by atoms with Crippen LogP contribution in [0.1, 0.15) is 34.1 Å². The molecule has 110 valence electrons. The zero-order valence-corrected chi connectivity index (χ0v) is 11.5. The Kier molecular flexibility index (Phi) is 3.77. The molecular weight excluding hydrogens is 293 g/mol. The predicted molar refractivity (Wildman–Crippen MR) is 68.7 cm³/mol. The first kappa shape index (κ1) is 14.8. The monoisotopic (exact) mass is 306 g/mol. The van der Waals surface area contributed by atoms with E-state index in [0.29, 0.717) is 24.3 Å². The van der Waals surface area contributed by atoms with E-state index >= 15 is 0 Å². The summed E-state index contributed by atoms with van der Waals surface area (Å²) < 4.78 is 36.9. The molecule has 3 N–H and O–H groups in total. The highest BCUT2D eigenvalue weighted by atomic mass is 32.1. The fraction of sp³-hybridized carbons (Fsp3) is 0.500. The Morgan fingerprint density at radius 2 is 2.05 bits per heavy atom. The molecule has 0 radical (unpaired) electrons. The SMILES string of the molecule is CC1CCc2c(sc(NC(=O)C(F)(F)F)c2C(N)=O)C1. The second-order valence-electron chi connectivity index (χ2n) is 4.87. The van der Waals surface area contributed by atoms with Crippen molar-refractivity contribution in [3.05, 3.63) is 16.0 Å². The van der Waals surface area contributed by atoms with Crippen molar-refractivity contribution in [3.63, 3.8) is 0 Å². The van der Waals surface area contributed by atoms with Gasteiger partial charge >= 0.3 is 12.1 Å². The molecule has 2 rings (SSSR count). The number of alkyl halides is 3. The van der Waals surface area contributed by atoms with Crippen molar-refractivity contribution >= 4 is 28.2 Å². The topological polar surface area (TPSA) is 72.2 Å². The van der Waals surface area contributed by atoms with Crippen LogP contribution in [0.15, 0.2) is 0 Å². The van der Waals surface area contributed by atoms with Crippen LogP contribution in [0.5, 0.6) is 0 Å². The highest BCUT2D eigenvalue weighted by Crippen LogP contribution is 2.39. The van der Waals surface area contributed by atoms with Crippen LogP contribution in [0.3, 0.4) is 0 Å². The quantitative estimate of drug-likeness (QED) is 0.881. The maximum absolute atomic E-state index is 12.3. The van der Waals surface area contributed by atoms with Crippen LogP contribution in [-0.2, 0) is 17.6 Å². The van der Waals surface area contributed by atoms with Crippen LogP contribution in [-0.4, -0.2) is 18.0 Å². The fourth-order valence-corrected chi connectivity index (χ4v) is 3.68. The minimum absolute atomic E-state index is 0.0227. The Labute approximate surface area is 117 Å². The Morgan fingerprint density at radius 1 is 1.40 bits per heavy atom. The predicted octanol–water partition coefficient (Wildman–Crippen LogP) is 2.47. The van der Waals surface area contributed by atoms with E-state index in [1.165, 1.54) is 0 Å². The van der Waals surface area contributed by atoms with E-state index in [4.69, 9.17) is 5.73 Å². The molecule has 1 aliphatic carbocycles. The van der Waals surface area contributed by atoms with Crippen LogP contribution in [0, 0.1) is 5.92 Å². The van der Waals surface area contributed by atoms with Crippen molar-refractivity contribution in [1.29, 1.82) is 0 Å². The molecule has 0 aromatic carbocycles. The number of fused-ring (bicyclic) bond motifs is 1. The van der Waals surface area contributed by atoms with Gasteiger partial charge in [0.1, 0.15) is 5.00 Å². The van der Waals surface area contributed by atoms with Crippen LogP contribution >= 0.6 is 11.3 Å². The number of carbonyl (C=O) groups is 2. The van der Waals surface area contributed by atoms with Gasteiger partial charge in [0.25, 0.3) is 5.91 Å². The van der Waals surface area contributed by atoms with Gasteiger partial charge in [0.05, 0.1) is 5.56 Å². The summed E-state index contributed by atoms with van der Waals surface area (Å²) in [6.07, 6.45) is -2.88. The van der Waals surface area contributed by atoms with Crippen molar-refractivity contribution in [2.24, 2.45) is 11.7 Å². The molecule has 2 amide bonds. The minimum atomic E-state index is -4.99. The first-order chi connectivity index (χ1) is 9.20. The van der Waals surface area contributed by atoms with Crippen molar-refractivity contribution < 1.29 is 22.8 Å². The summed E-state index contributed by atoms with van der Waals surface area (Å²) in [5, 5.41) is 1.66. The molecule has 0 bridgehead atoms. The van der Waals surface area contributed by atoms with Gasteiger partial charge in [-0.05, 0) is 30.7 Å². The van der Waals surface area contributed by atoms with Crippen LogP contribution in [0.4, 0.5) is 18.2 Å². The first-order valence-electron chi connectivity index (χ1n) is 6.02. The smallest absolute Gasteiger partial charge is 0.365 e. The Balaban J connectivity index is 2.38. The molecule has 0 aliphatic heterocycles. The van der Waals surface area contributed by atoms with Crippen LogP contribution < -0.4 is 11.1 Å². The number of anilines is 1. The summed E-state index contributed by atoms with van der Waals surface area (Å²) in [4.78, 5) is 23.3. The van der Waals surface area contributed by atoms with Crippen molar-refractivity contribution in [3.8, 4) is 0 Å². The molecule has 1 atom stereocenters. The normalized spacial score (nSPS) is 18.5. The summed E-state index contributed by atoms with van der Waals surface area (Å²) in [5.41, 5.74) is 5.94. The molecule has 1 aliphatic rings. The molecule has 0 saturated heterocycles. The van der Waals surface area contributed by atoms with E-state index in [0.717, 1.165) is 22.6 Å². The highest BCUT2D eigenvalue weighted by Gasteiger charge is 2.40. The van der Waals surface area contributed by atoms with E-state index in [9.17, 15) is 22.8 Å². The summed E-state index contributed by atoms with van der Waals surface area (Å²) in [7, 11) is 0. The molecule has 0 fully saturated rings. The summed E-state index contributed by atoms with van der Waals surface area (Å²) in [6.45, 7) is 2.03. The van der Waals surface area contributed by atoms with Crippen LogP contribution in [0.2, 0.25) is 0 Å². The third-order valence-electron chi connectivity index (χ3n) is 3.24. The van der Waals surface area contributed by atoms with Gasteiger partial charge in [0, 0.05) is 4.88 Å².